The lowest BCUT2D eigenvalue weighted by atomic mass is 10.0. The molecule has 0 bridgehead atoms. The topological polar surface area (TPSA) is 55.6 Å². The van der Waals surface area contributed by atoms with E-state index in [-0.39, 0.29) is 17.9 Å². The summed E-state index contributed by atoms with van der Waals surface area (Å²) in [6, 6.07) is 3.65. The predicted octanol–water partition coefficient (Wildman–Crippen LogP) is 1.99. The lowest BCUT2D eigenvalue weighted by Crippen LogP contribution is -2.47. The van der Waals surface area contributed by atoms with E-state index in [4.69, 9.17) is 10.5 Å². The number of carbonyl (C=O) groups excluding carboxylic acids is 1. The fraction of sp³-hybridized carbons (Fsp3) is 0.562. The van der Waals surface area contributed by atoms with Crippen LogP contribution < -0.4 is 5.73 Å². The first-order valence-corrected chi connectivity index (χ1v) is 7.67. The van der Waals surface area contributed by atoms with E-state index in [1.807, 2.05) is 0 Å². The van der Waals surface area contributed by atoms with E-state index in [0.29, 0.717) is 25.3 Å². The third-order valence-electron chi connectivity index (χ3n) is 4.58. The molecule has 0 radical (unpaired) electrons. The van der Waals surface area contributed by atoms with E-state index in [1.165, 1.54) is 6.07 Å². The van der Waals surface area contributed by atoms with Crippen LogP contribution in [0.5, 0.6) is 0 Å². The molecular formula is C16H20F2N2O2. The van der Waals surface area contributed by atoms with Crippen molar-refractivity contribution in [2.75, 3.05) is 19.7 Å². The molecule has 1 aromatic carbocycles. The van der Waals surface area contributed by atoms with Crippen LogP contribution in [0.3, 0.4) is 0 Å². The summed E-state index contributed by atoms with van der Waals surface area (Å²) in [5, 5.41) is 0. The van der Waals surface area contributed by atoms with Gasteiger partial charge in [0.05, 0.1) is 19.1 Å². The summed E-state index contributed by atoms with van der Waals surface area (Å²) in [6.07, 6.45) is 2.26. The monoisotopic (exact) mass is 310 g/mol. The molecule has 2 N–H and O–H groups in total. The highest BCUT2D eigenvalue weighted by molar-refractivity contribution is 5.80. The smallest absolute Gasteiger partial charge is 0.227 e. The number of hydrogen-bond donors (Lipinski definition) is 1. The van der Waals surface area contributed by atoms with Crippen molar-refractivity contribution in [3.05, 3.63) is 35.4 Å². The number of nitrogens with zero attached hydrogens (tertiary/aromatic N) is 1. The van der Waals surface area contributed by atoms with Crippen molar-refractivity contribution in [3.63, 3.8) is 0 Å². The third kappa shape index (κ3) is 2.98. The molecule has 2 aliphatic rings. The minimum atomic E-state index is -0.901. The van der Waals surface area contributed by atoms with Crippen LogP contribution in [0.1, 0.15) is 30.9 Å². The van der Waals surface area contributed by atoms with Crippen LogP contribution in [-0.4, -0.2) is 36.5 Å². The van der Waals surface area contributed by atoms with Crippen LogP contribution in [0.15, 0.2) is 18.2 Å². The van der Waals surface area contributed by atoms with Gasteiger partial charge in [0.2, 0.25) is 5.91 Å². The number of benzene rings is 1. The van der Waals surface area contributed by atoms with Crippen molar-refractivity contribution < 1.29 is 18.3 Å². The number of rotatable bonds is 2. The van der Waals surface area contributed by atoms with Crippen molar-refractivity contribution >= 4 is 5.91 Å². The van der Waals surface area contributed by atoms with Crippen LogP contribution in [-0.2, 0) is 9.53 Å². The second-order valence-corrected chi connectivity index (χ2v) is 6.02. The van der Waals surface area contributed by atoms with Gasteiger partial charge in [0, 0.05) is 12.6 Å². The van der Waals surface area contributed by atoms with E-state index in [0.717, 1.165) is 31.4 Å². The van der Waals surface area contributed by atoms with Gasteiger partial charge >= 0.3 is 0 Å². The first-order valence-electron chi connectivity index (χ1n) is 7.67. The first kappa shape index (κ1) is 15.4. The minimum Gasteiger partial charge on any atom is -0.370 e. The highest BCUT2D eigenvalue weighted by Crippen LogP contribution is 2.29. The summed E-state index contributed by atoms with van der Waals surface area (Å²) in [5.41, 5.74) is 6.55. The molecule has 1 aliphatic carbocycles. The zero-order chi connectivity index (χ0) is 15.7. The van der Waals surface area contributed by atoms with Crippen molar-refractivity contribution in [1.29, 1.82) is 0 Å². The summed E-state index contributed by atoms with van der Waals surface area (Å²) in [7, 11) is 0. The Morgan fingerprint density at radius 1 is 1.27 bits per heavy atom. The summed E-state index contributed by atoms with van der Waals surface area (Å²) in [5.74, 6) is -1.85. The summed E-state index contributed by atoms with van der Waals surface area (Å²) < 4.78 is 32.0. The van der Waals surface area contributed by atoms with E-state index in [2.05, 4.69) is 0 Å². The maximum absolute atomic E-state index is 13.4. The molecular weight excluding hydrogens is 290 g/mol. The Morgan fingerprint density at radius 2 is 2.09 bits per heavy atom. The average Bonchev–Trinajstić information content (AvgIpc) is 2.95. The molecule has 0 aromatic heterocycles. The van der Waals surface area contributed by atoms with Crippen LogP contribution >= 0.6 is 0 Å². The number of ether oxygens (including phenoxy) is 1. The van der Waals surface area contributed by atoms with Crippen molar-refractivity contribution in [2.24, 2.45) is 11.7 Å². The van der Waals surface area contributed by atoms with Crippen LogP contribution in [0.4, 0.5) is 8.78 Å². The molecule has 2 fully saturated rings. The molecule has 1 aromatic rings. The Bertz CT molecular complexity index is 567. The molecule has 1 heterocycles. The van der Waals surface area contributed by atoms with Gasteiger partial charge in [0.1, 0.15) is 6.10 Å². The van der Waals surface area contributed by atoms with E-state index in [9.17, 15) is 13.6 Å². The maximum atomic E-state index is 13.4. The van der Waals surface area contributed by atoms with E-state index in [1.54, 1.807) is 4.90 Å². The summed E-state index contributed by atoms with van der Waals surface area (Å²) >= 11 is 0. The van der Waals surface area contributed by atoms with Gasteiger partial charge in [-0.25, -0.2) is 8.78 Å². The van der Waals surface area contributed by atoms with Gasteiger partial charge in [-0.1, -0.05) is 12.5 Å². The largest absolute Gasteiger partial charge is 0.370 e. The van der Waals surface area contributed by atoms with Crippen LogP contribution in [0.2, 0.25) is 0 Å². The minimum absolute atomic E-state index is 0.0564. The predicted molar refractivity (Wildman–Crippen MR) is 76.9 cm³/mol. The van der Waals surface area contributed by atoms with Gasteiger partial charge in [0.25, 0.3) is 0 Å². The van der Waals surface area contributed by atoms with Crippen LogP contribution in [0.25, 0.3) is 0 Å². The van der Waals surface area contributed by atoms with Gasteiger partial charge in [0.15, 0.2) is 11.6 Å². The molecule has 0 unspecified atom stereocenters. The highest BCUT2D eigenvalue weighted by Gasteiger charge is 2.35. The molecule has 120 valence electrons. The second kappa shape index (κ2) is 6.30. The molecule has 3 rings (SSSR count). The normalized spacial score (nSPS) is 28.9. The van der Waals surface area contributed by atoms with Crippen molar-refractivity contribution in [1.82, 2.24) is 4.90 Å². The molecule has 1 aliphatic heterocycles. The number of amides is 1. The van der Waals surface area contributed by atoms with Crippen LogP contribution in [0, 0.1) is 17.6 Å². The van der Waals surface area contributed by atoms with Gasteiger partial charge < -0.3 is 15.4 Å². The third-order valence-corrected chi connectivity index (χ3v) is 4.58. The lowest BCUT2D eigenvalue weighted by molar-refractivity contribution is -0.143. The quantitative estimate of drug-likeness (QED) is 0.909. The molecule has 6 heteroatoms. The maximum Gasteiger partial charge on any atom is 0.227 e. The molecule has 22 heavy (non-hydrogen) atoms. The van der Waals surface area contributed by atoms with Crippen molar-refractivity contribution in [2.45, 2.75) is 31.4 Å². The van der Waals surface area contributed by atoms with E-state index >= 15 is 0 Å². The van der Waals surface area contributed by atoms with Gasteiger partial charge in [-0.3, -0.25) is 4.79 Å². The molecule has 0 spiro atoms. The highest BCUT2D eigenvalue weighted by atomic mass is 19.2. The number of hydrogen-bond acceptors (Lipinski definition) is 3. The first-order chi connectivity index (χ1) is 10.6. The SMILES string of the molecule is N[C@@H]1CCC[C@@H]1C(=O)N1CCO[C@H](c2ccc(F)c(F)c2)C1. The number of morpholine rings is 1. The number of carbonyl (C=O) groups is 1. The Kier molecular flexibility index (Phi) is 4.40. The number of nitrogens with two attached hydrogens (primary N) is 1. The molecule has 1 amide bonds. The van der Waals surface area contributed by atoms with Gasteiger partial charge in [-0.2, -0.15) is 0 Å². The Morgan fingerprint density at radius 3 is 2.77 bits per heavy atom. The Hall–Kier alpha value is -1.53. The lowest BCUT2D eigenvalue weighted by Gasteiger charge is -2.35. The zero-order valence-electron chi connectivity index (χ0n) is 12.3. The average molecular weight is 310 g/mol. The summed E-state index contributed by atoms with van der Waals surface area (Å²) in [6.45, 7) is 1.26. The fourth-order valence-corrected chi connectivity index (χ4v) is 3.29. The molecule has 3 atom stereocenters. The molecule has 4 nitrogen and oxygen atoms in total. The van der Waals surface area contributed by atoms with E-state index < -0.39 is 17.7 Å². The standard InChI is InChI=1S/C16H20F2N2O2/c17-12-5-4-10(8-13(12)18)15-9-20(6-7-22-15)16(21)11-2-1-3-14(11)19/h4-5,8,11,14-15H,1-3,6-7,9,19H2/t11-,14+,15-/m0/s1. The second-order valence-electron chi connectivity index (χ2n) is 6.02. The zero-order valence-corrected chi connectivity index (χ0v) is 12.3. The Balaban J connectivity index is 1.71. The summed E-state index contributed by atoms with van der Waals surface area (Å²) in [4.78, 5) is 14.3. The fourth-order valence-electron chi connectivity index (χ4n) is 3.29. The molecule has 1 saturated heterocycles. The van der Waals surface area contributed by atoms with Gasteiger partial charge in [-0.05, 0) is 30.5 Å². The van der Waals surface area contributed by atoms with Gasteiger partial charge in [-0.15, -0.1) is 0 Å². The molecule has 1 saturated carbocycles. The van der Waals surface area contributed by atoms with Crippen molar-refractivity contribution in [3.8, 4) is 0 Å². The number of halogens is 2. The Labute approximate surface area is 128 Å².